The molecule has 0 radical (unpaired) electrons. The Hall–Kier alpha value is 2.16. The van der Waals surface area contributed by atoms with Crippen LogP contribution in [0.3, 0.4) is 0 Å². The first-order valence-electron chi connectivity index (χ1n) is 3.63. The monoisotopic (exact) mass is 657 g/mol. The molecule has 2 heterocycles. The predicted molar refractivity (Wildman–Crippen MR) is 83.7 cm³/mol. The van der Waals surface area contributed by atoms with E-state index in [4.69, 9.17) is 0 Å². The molecule has 14 heavy (non-hydrogen) atoms. The van der Waals surface area contributed by atoms with Crippen LogP contribution in [-0.4, -0.2) is 5.75 Å². The molecule has 0 saturated carbocycles. The number of pyridine rings is 1. The van der Waals surface area contributed by atoms with Gasteiger partial charge in [0, 0.05) is 16.2 Å². The van der Waals surface area contributed by atoms with Crippen molar-refractivity contribution in [2.75, 3.05) is 5.75 Å². The van der Waals surface area contributed by atoms with Crippen LogP contribution in [-0.2, 0) is 0 Å². The van der Waals surface area contributed by atoms with Crippen LogP contribution in [0, 0.1) is 0 Å². The molecule has 0 fully saturated rings. The fourth-order valence-corrected chi connectivity index (χ4v) is 2.91. The van der Waals surface area contributed by atoms with Gasteiger partial charge >= 0.3 is 50.5 Å². The van der Waals surface area contributed by atoms with Crippen molar-refractivity contribution < 1.29 is 17.8 Å². The average Bonchev–Trinajstić information content (AvgIpc) is 2.62. The van der Waals surface area contributed by atoms with Gasteiger partial charge in [0.15, 0.2) is 6.20 Å². The summed E-state index contributed by atoms with van der Waals surface area (Å²) in [5, 5.41) is 1.34. The number of thioether (sulfide) groups is 1. The molecule has 1 aliphatic heterocycles. The second-order valence-corrected chi connectivity index (χ2v) is 20.2. The molecule has 0 saturated heterocycles. The Morgan fingerprint density at radius 3 is 2.79 bits per heavy atom. The Labute approximate surface area is 132 Å². The van der Waals surface area contributed by atoms with Crippen molar-refractivity contribution in [1.82, 2.24) is 0 Å². The van der Waals surface area contributed by atoms with E-state index in [9.17, 15) is 0 Å². The topological polar surface area (TPSA) is 3.88 Å². The Kier molecular flexibility index (Phi) is 8.41. The molecule has 2 rings (SSSR count). The molecule has 0 atom stereocenters. The molecule has 0 unspecified atom stereocenters. The van der Waals surface area contributed by atoms with Crippen LogP contribution >= 0.6 is 71.6 Å². The number of hydrogen-bond acceptors (Lipinski definition) is 1. The van der Waals surface area contributed by atoms with Crippen LogP contribution in [0.15, 0.2) is 33.5 Å². The first kappa shape index (κ1) is 14.2. The normalized spacial score (nSPS) is 16.4. The third kappa shape index (κ3) is 4.20. The van der Waals surface area contributed by atoms with Gasteiger partial charge in [-0.05, 0) is 40.4 Å². The molecule has 6 heteroatoms. The minimum atomic E-state index is 0.530. The quantitative estimate of drug-likeness (QED) is 0.299. The van der Waals surface area contributed by atoms with Gasteiger partial charge in [-0.1, -0.05) is 0 Å². The van der Waals surface area contributed by atoms with E-state index in [2.05, 4.69) is 92.9 Å². The molecule has 1 nitrogen and oxygen atoms in total. The Balaban J connectivity index is 0.000000293. The van der Waals surface area contributed by atoms with Crippen LogP contribution in [0.1, 0.15) is 0 Å². The number of rotatable bonds is 0. The summed E-state index contributed by atoms with van der Waals surface area (Å²) in [4.78, 5) is 0. The average molecular weight is 657 g/mol. The molecule has 1 aromatic heterocycles. The van der Waals surface area contributed by atoms with Crippen molar-refractivity contribution in [3.63, 3.8) is 0 Å². The minimum absolute atomic E-state index is 0.530. The summed E-state index contributed by atoms with van der Waals surface area (Å²) in [6.45, 7) is 0. The molecular weight excluding hydrogens is 650 g/mol. The molecular formula is C8H7I4NS. The van der Waals surface area contributed by atoms with E-state index < -0.39 is 0 Å². The second kappa shape index (κ2) is 8.28. The van der Waals surface area contributed by atoms with E-state index in [1.54, 1.807) is 0 Å². The summed E-state index contributed by atoms with van der Waals surface area (Å²) in [6, 6.07) is 6.29. The summed E-state index contributed by atoms with van der Waals surface area (Å²) >= 11 is 9.48. The zero-order valence-corrected chi connectivity index (χ0v) is 16.4. The van der Waals surface area contributed by atoms with Gasteiger partial charge in [-0.3, -0.25) is 0 Å². The van der Waals surface area contributed by atoms with Crippen molar-refractivity contribution in [3.05, 3.63) is 28.5 Å². The molecule has 0 amide bonds. The standard InChI is InChI=1S/C8H7INS.I3/c9-5-7-6-11-8-3-1-2-4-10(7)8;1-3-2/h1-5H,6H2;/q+1;-1. The van der Waals surface area contributed by atoms with Crippen molar-refractivity contribution in [2.45, 2.75) is 5.03 Å². The third-order valence-electron chi connectivity index (χ3n) is 1.63. The maximum atomic E-state index is 2.39. The number of fused-ring (bicyclic) bond motifs is 1. The van der Waals surface area contributed by atoms with Gasteiger partial charge in [-0.2, -0.15) is 4.57 Å². The van der Waals surface area contributed by atoms with Crippen LogP contribution in [0.2, 0.25) is 0 Å². The van der Waals surface area contributed by atoms with Crippen LogP contribution in [0.5, 0.6) is 0 Å². The first-order valence-corrected chi connectivity index (χ1v) is 18.4. The molecule has 78 valence electrons. The number of aromatic nitrogens is 1. The number of nitrogens with zero attached hydrogens (tertiary/aromatic N) is 1. The molecule has 0 spiro atoms. The van der Waals surface area contributed by atoms with Gasteiger partial charge in [0.2, 0.25) is 10.7 Å². The van der Waals surface area contributed by atoms with E-state index in [0.29, 0.717) is 13.3 Å². The van der Waals surface area contributed by atoms with Crippen LogP contribution in [0.4, 0.5) is 0 Å². The summed E-state index contributed by atoms with van der Waals surface area (Å²) in [7, 11) is 0. The van der Waals surface area contributed by atoms with Gasteiger partial charge in [0.1, 0.15) is 0 Å². The number of hydrogen-bond donors (Lipinski definition) is 0. The number of halogens is 4. The fourth-order valence-electron chi connectivity index (χ4n) is 1.08. The summed E-state index contributed by atoms with van der Waals surface area (Å²) in [5.41, 5.74) is 1.38. The molecule has 0 bridgehead atoms. The van der Waals surface area contributed by atoms with Crippen LogP contribution < -0.4 is 17.8 Å². The van der Waals surface area contributed by atoms with E-state index in [-0.39, 0.29) is 0 Å². The van der Waals surface area contributed by atoms with Gasteiger partial charge in [-0.15, -0.1) is 0 Å². The van der Waals surface area contributed by atoms with E-state index in [1.165, 1.54) is 10.7 Å². The Morgan fingerprint density at radius 2 is 2.14 bits per heavy atom. The van der Waals surface area contributed by atoms with E-state index in [0.717, 1.165) is 5.75 Å². The molecule has 1 aliphatic rings. The van der Waals surface area contributed by atoms with Crippen molar-refractivity contribution in [3.8, 4) is 0 Å². The SMILES string of the molecule is IC=C1CSc2cccc[n+]21.I[I-]I. The molecule has 1 aromatic rings. The maximum absolute atomic E-state index is 2.39. The summed E-state index contributed by atoms with van der Waals surface area (Å²) in [6.07, 6.45) is 2.11. The van der Waals surface area contributed by atoms with Gasteiger partial charge in [0.25, 0.3) is 0 Å². The fraction of sp³-hybridized carbons (Fsp3) is 0.125. The van der Waals surface area contributed by atoms with Gasteiger partial charge in [-0.25, -0.2) is 0 Å². The predicted octanol–water partition coefficient (Wildman–Crippen LogP) is 1.09. The van der Waals surface area contributed by atoms with Crippen molar-refractivity contribution >= 4 is 77.3 Å². The zero-order chi connectivity index (χ0) is 10.4. The second-order valence-electron chi connectivity index (χ2n) is 2.35. The zero-order valence-electron chi connectivity index (χ0n) is 6.96. The van der Waals surface area contributed by atoms with E-state index in [1.807, 2.05) is 11.8 Å². The van der Waals surface area contributed by atoms with E-state index >= 15 is 0 Å². The Morgan fingerprint density at radius 1 is 1.43 bits per heavy atom. The van der Waals surface area contributed by atoms with Gasteiger partial charge in [0.05, 0.1) is 5.75 Å². The Bertz CT molecular complexity index is 329. The molecule has 0 N–H and O–H groups in total. The molecule has 0 aromatic carbocycles. The first-order chi connectivity index (χ1) is 6.83. The van der Waals surface area contributed by atoms with Crippen molar-refractivity contribution in [1.29, 1.82) is 0 Å². The van der Waals surface area contributed by atoms with Crippen LogP contribution in [0.25, 0.3) is 5.70 Å². The van der Waals surface area contributed by atoms with Gasteiger partial charge < -0.3 is 0 Å². The summed E-state index contributed by atoms with van der Waals surface area (Å²) in [5.74, 6) is 1.10. The van der Waals surface area contributed by atoms with Crippen molar-refractivity contribution in [2.24, 2.45) is 0 Å². The molecule has 0 aliphatic carbocycles. The summed E-state index contributed by atoms with van der Waals surface area (Å²) < 4.78 is 4.37. The third-order valence-corrected chi connectivity index (χ3v) is 3.41.